The first-order valence-electron chi connectivity index (χ1n) is 47.0. The molecule has 0 spiro atoms. The number of hydrogen-bond donors (Lipinski definition) is 16. The molecule has 6 aliphatic rings. The molecule has 0 bridgehead atoms. The van der Waals surface area contributed by atoms with E-state index in [-0.39, 0.29) is 113 Å². The van der Waals surface area contributed by atoms with Crippen LogP contribution in [0.1, 0.15) is 343 Å². The van der Waals surface area contributed by atoms with E-state index in [2.05, 4.69) is 84.1 Å². The quantitative estimate of drug-likeness (QED) is 0.00974. The first-order chi connectivity index (χ1) is 63.9. The van der Waals surface area contributed by atoms with Crippen molar-refractivity contribution in [3.05, 3.63) is 163 Å². The van der Waals surface area contributed by atoms with E-state index in [1.54, 1.807) is 6.92 Å². The molecule has 4 aliphatic carbocycles. The van der Waals surface area contributed by atoms with Gasteiger partial charge in [0.2, 0.25) is 5.91 Å². The number of aromatic hydroxyl groups is 4. The number of nitrogens with one attached hydrogen (secondary N) is 3. The van der Waals surface area contributed by atoms with Gasteiger partial charge in [0.15, 0.2) is 47.3 Å². The SMILES string of the molecule is CCCCC/C=C\C/C=C\CCCCCCCCOC(=O)NCCC.CCCCC/C=C\C/C=C\CCCCCCCCOC(=O)NCCCC(=O)N[C@H]1C[C@H](O[C@H]2C[C@](O)(C(=O)CO)Cc3c(O)c4c(c(O)c32)C(=O)c2c(CO)cccc2C4=O)O[C@@H](C)[C@H]1O.C[C@@H]1O[C@@H](O[C@H]2C[C@](O)(C(=O)CO)Cc3c(O)c4c(c(O)c32)C(=O)c2c(CO)cccc2C4=O)C[C@H]([NH3+])[C@@H]1O.O=C=O.[Cl-]. The average molecular weight is 1900 g/mol. The van der Waals surface area contributed by atoms with Crippen LogP contribution in [0.4, 0.5) is 9.59 Å². The van der Waals surface area contributed by atoms with E-state index >= 15 is 0 Å². The summed E-state index contributed by atoms with van der Waals surface area (Å²) in [6, 6.07) is 7.11. The van der Waals surface area contributed by atoms with Gasteiger partial charge in [0.25, 0.3) is 0 Å². The Bertz CT molecular complexity index is 4700. The fourth-order valence-electron chi connectivity index (χ4n) is 17.4. The van der Waals surface area contributed by atoms with Crippen LogP contribution < -0.4 is 34.1 Å². The number of allylic oxidation sites excluding steroid dienone is 8. The van der Waals surface area contributed by atoms with E-state index < -0.39 is 217 Å². The summed E-state index contributed by atoms with van der Waals surface area (Å²) < 4.78 is 34.3. The lowest BCUT2D eigenvalue weighted by molar-refractivity contribution is -0.466. The normalized spacial score (nSPS) is 22.0. The Morgan fingerprint density at radius 1 is 0.485 bits per heavy atom. The number of unbranched alkanes of at least 4 members (excludes halogenated alkanes) is 18. The van der Waals surface area contributed by atoms with Crippen molar-refractivity contribution in [2.24, 2.45) is 0 Å². The number of benzene rings is 4. The third-order valence-corrected chi connectivity index (χ3v) is 24.7. The van der Waals surface area contributed by atoms with Gasteiger partial charge < -0.3 is 124 Å². The molecule has 4 aromatic rings. The molecule has 134 heavy (non-hydrogen) atoms. The minimum Gasteiger partial charge on any atom is -1.00 e. The first kappa shape index (κ1) is 113. The summed E-state index contributed by atoms with van der Waals surface area (Å²) in [5.74, 6) is -8.62. The zero-order valence-electron chi connectivity index (χ0n) is 77.7. The summed E-state index contributed by atoms with van der Waals surface area (Å²) in [6.45, 7) is 8.10. The third-order valence-electron chi connectivity index (χ3n) is 24.7. The molecule has 10 rings (SSSR count). The molecule has 34 heteroatoms. The summed E-state index contributed by atoms with van der Waals surface area (Å²) in [5.41, 5.74) is -3.75. The zero-order chi connectivity index (χ0) is 97.3. The van der Waals surface area contributed by atoms with Crippen molar-refractivity contribution < 1.29 is 161 Å². The predicted molar refractivity (Wildman–Crippen MR) is 487 cm³/mol. The lowest BCUT2D eigenvalue weighted by Gasteiger charge is -2.43. The third kappa shape index (κ3) is 31.4. The molecule has 0 radical (unpaired) electrons. The number of ketones is 6. The van der Waals surface area contributed by atoms with Crippen molar-refractivity contribution in [2.45, 2.75) is 332 Å². The summed E-state index contributed by atoms with van der Waals surface area (Å²) >= 11 is 0. The van der Waals surface area contributed by atoms with Gasteiger partial charge >= 0.3 is 18.3 Å². The van der Waals surface area contributed by atoms with Gasteiger partial charge in [-0.25, -0.2) is 9.59 Å². The number of halogens is 1. The lowest BCUT2D eigenvalue weighted by Crippen LogP contribution is -3.00. The second-order valence-corrected chi connectivity index (χ2v) is 34.6. The van der Waals surface area contributed by atoms with Crippen molar-refractivity contribution in [1.82, 2.24) is 16.0 Å². The number of Topliss-reactive ketones (excluding diaryl/α,β-unsaturated/α-hetero) is 2. The highest BCUT2D eigenvalue weighted by Gasteiger charge is 2.53. The number of quaternary nitrogens is 1. The van der Waals surface area contributed by atoms with E-state index in [4.69, 9.17) is 38.0 Å². The number of carbonyl (C=O) groups excluding carboxylic acids is 11. The maximum Gasteiger partial charge on any atom is 0.407 e. The maximum atomic E-state index is 13.9. The lowest BCUT2D eigenvalue weighted by atomic mass is 9.71. The van der Waals surface area contributed by atoms with E-state index in [0.29, 0.717) is 19.8 Å². The van der Waals surface area contributed by atoms with E-state index in [0.717, 1.165) is 70.6 Å². The van der Waals surface area contributed by atoms with Crippen LogP contribution in [-0.2, 0) is 78.4 Å². The highest BCUT2D eigenvalue weighted by Crippen LogP contribution is 2.55. The summed E-state index contributed by atoms with van der Waals surface area (Å²) in [7, 11) is 0. The minimum absolute atomic E-state index is 0. The van der Waals surface area contributed by atoms with Gasteiger partial charge in [0.05, 0.1) is 85.6 Å². The van der Waals surface area contributed by atoms with Crippen LogP contribution in [0.3, 0.4) is 0 Å². The van der Waals surface area contributed by atoms with Crippen LogP contribution in [0.2, 0.25) is 0 Å². The number of phenols is 4. The molecule has 2 fully saturated rings. The van der Waals surface area contributed by atoms with Crippen molar-refractivity contribution in [1.29, 1.82) is 0 Å². The van der Waals surface area contributed by atoms with Gasteiger partial charge in [-0.1, -0.05) is 183 Å². The van der Waals surface area contributed by atoms with Crippen LogP contribution in [0, 0.1) is 0 Å². The van der Waals surface area contributed by atoms with Crippen LogP contribution in [0.15, 0.2) is 85.0 Å². The molecule has 4 aromatic carbocycles. The number of amides is 3. The van der Waals surface area contributed by atoms with Crippen molar-refractivity contribution >= 4 is 58.9 Å². The molecular weight excluding hydrogens is 1760 g/mol. The van der Waals surface area contributed by atoms with E-state index in [1.807, 2.05) is 6.92 Å². The molecular formula is C100H139ClN4O29. The zero-order valence-corrected chi connectivity index (χ0v) is 78.5. The van der Waals surface area contributed by atoms with E-state index in [1.165, 1.54) is 133 Å². The van der Waals surface area contributed by atoms with Gasteiger partial charge in [-0.15, -0.1) is 0 Å². The van der Waals surface area contributed by atoms with Crippen LogP contribution in [0.5, 0.6) is 23.0 Å². The molecule has 0 unspecified atom stereocenters. The van der Waals surface area contributed by atoms with Crippen LogP contribution in [0.25, 0.3) is 0 Å². The summed E-state index contributed by atoms with van der Waals surface area (Å²) in [4.78, 5) is 133. The number of phenolic OH excluding ortho intramolecular Hbond substituents is 4. The number of aliphatic hydroxyl groups is 8. The standard InChI is InChI=1S/C50H68N2O14.C27H29NO11.C22H41NO2.CO2.ClH/c1-3-4-5-6-7-8-9-10-11-12-13-14-15-16-17-18-25-64-49(62)51-24-20-23-38(56)52-35-26-39(65-31(2)44(35)57)66-36-28-50(63,37(55)30-54)27-34-41(36)48(61)43-42(46(34)59)45(58)33-22-19-21-32(29-53)40(33)47(43)60;1-10-22(32)14(28)5-17(38-10)39-15-7-27(37,16(31)9-30)6-13-19(15)26(36)21-20(24(13)34)23(33)12-4-2-3-11(8-29)18(12)25(21)35;1-3-5-6-7-8-9-10-11-12-13-14-15-16-17-18-19-21-25-22(24)23-20-4-2;2-1-3;/h7-8,10-11,19,21-22,31,35-36,39,44,53-54,57,59,61,63H,3-6,9,12-18,20,23-30H2,1-2H3,(H,51,62)(H,52,56);2-4,10,14-15,17,22,29-30,32,34,36-37H,5-9,28H2,1H3;8-9,11-12H,3-7,10,13-21H2,1-2H3,(H,23,24);;1H/b8-7-,11-10-;;9-8-,12-11-;;/t31-,35-,36-,39-,44+,50-;10-,14-,15-,17-,22+,27-;;;/m00.../s1. The van der Waals surface area contributed by atoms with Gasteiger partial charge in [0.1, 0.15) is 65.7 Å². The number of rotatable bonds is 47. The second-order valence-electron chi connectivity index (χ2n) is 34.6. The maximum absolute atomic E-state index is 13.9. The fourth-order valence-corrected chi connectivity index (χ4v) is 17.4. The molecule has 740 valence electrons. The topological polar surface area (TPSA) is 550 Å². The van der Waals surface area contributed by atoms with Crippen molar-refractivity contribution in [3.63, 3.8) is 0 Å². The Morgan fingerprint density at radius 3 is 1.25 bits per heavy atom. The number of carbonyl (C=O) groups is 9. The smallest absolute Gasteiger partial charge is 0.407 e. The van der Waals surface area contributed by atoms with E-state index in [9.17, 15) is 104 Å². The van der Waals surface area contributed by atoms with Crippen LogP contribution >= 0.6 is 0 Å². The van der Waals surface area contributed by atoms with Crippen molar-refractivity contribution in [2.75, 3.05) is 39.5 Å². The Kier molecular flexibility index (Phi) is 48.8. The molecule has 18 N–H and O–H groups in total. The average Bonchev–Trinajstić information content (AvgIpc) is 0.713. The predicted octanol–water partition coefficient (Wildman–Crippen LogP) is 8.09. The number of aliphatic hydroxyl groups excluding tert-OH is 6. The van der Waals surface area contributed by atoms with Gasteiger partial charge in [-0.2, -0.15) is 9.59 Å². The van der Waals surface area contributed by atoms with Gasteiger partial charge in [-0.05, 0) is 115 Å². The molecule has 12 atom stereocenters. The Labute approximate surface area is 789 Å². The molecule has 2 saturated heterocycles. The largest absolute Gasteiger partial charge is 1.00 e. The Morgan fingerprint density at radius 2 is 0.858 bits per heavy atom. The monoisotopic (exact) mass is 1890 g/mol. The number of alkyl carbamates (subject to hydrolysis) is 2. The fraction of sp³-hybridized carbons (Fsp3) is 0.580. The van der Waals surface area contributed by atoms with Crippen LogP contribution in [-0.4, -0.2) is 220 Å². The minimum atomic E-state index is -2.36. The molecule has 33 nitrogen and oxygen atoms in total. The molecule has 0 aromatic heterocycles. The first-order valence-corrected chi connectivity index (χ1v) is 47.0. The molecule has 3 amide bonds. The Balaban J connectivity index is 0.000000341. The van der Waals surface area contributed by atoms with Gasteiger partial charge in [-0.3, -0.25) is 33.6 Å². The molecule has 2 aliphatic heterocycles. The highest BCUT2D eigenvalue weighted by atomic mass is 35.5. The number of hydrogen-bond acceptors (Lipinski definition) is 29. The molecule has 0 saturated carbocycles. The van der Waals surface area contributed by atoms with Crippen molar-refractivity contribution in [3.8, 4) is 23.0 Å². The second kappa shape index (κ2) is 57.9. The molecule has 2 heterocycles. The highest BCUT2D eigenvalue weighted by molar-refractivity contribution is 6.32. The summed E-state index contributed by atoms with van der Waals surface area (Å²) in [6.07, 6.45) is 35.8. The van der Waals surface area contributed by atoms with Gasteiger partial charge in [0, 0.05) is 96.1 Å². The Hall–Kier alpha value is -9.78. The number of fused-ring (bicyclic) bond motifs is 6. The number of ether oxygens (including phenoxy) is 6. The summed E-state index contributed by atoms with van der Waals surface area (Å²) in [5, 5.41) is 137.